The molecule has 0 saturated carbocycles. The minimum atomic E-state index is -0.0441. The molecule has 1 aromatic heterocycles. The molecule has 0 atom stereocenters. The number of anilines is 1. The SMILES string of the molecule is O=C(CCN1CCN(c2ccccc2)CC1)NN=Cc1cc(Br)cs1. The van der Waals surface area contributed by atoms with Crippen molar-refractivity contribution in [2.75, 3.05) is 37.6 Å². The van der Waals surface area contributed by atoms with Gasteiger partial charge in [-0.1, -0.05) is 18.2 Å². The van der Waals surface area contributed by atoms with Crippen molar-refractivity contribution in [1.29, 1.82) is 0 Å². The lowest BCUT2D eigenvalue weighted by Crippen LogP contribution is -2.47. The summed E-state index contributed by atoms with van der Waals surface area (Å²) >= 11 is 4.97. The molecule has 132 valence electrons. The minimum absolute atomic E-state index is 0.0441. The number of nitrogens with one attached hydrogen (secondary N) is 1. The van der Waals surface area contributed by atoms with Crippen LogP contribution in [-0.4, -0.2) is 49.7 Å². The van der Waals surface area contributed by atoms with E-state index in [1.807, 2.05) is 17.5 Å². The molecule has 2 aromatic rings. The highest BCUT2D eigenvalue weighted by Gasteiger charge is 2.17. The van der Waals surface area contributed by atoms with Gasteiger partial charge in [-0.2, -0.15) is 5.10 Å². The van der Waals surface area contributed by atoms with Crippen LogP contribution in [-0.2, 0) is 4.79 Å². The average Bonchev–Trinajstić information content (AvgIpc) is 3.06. The summed E-state index contributed by atoms with van der Waals surface area (Å²) in [6, 6.07) is 12.4. The van der Waals surface area contributed by atoms with E-state index in [9.17, 15) is 4.79 Å². The highest BCUT2D eigenvalue weighted by Crippen LogP contribution is 2.18. The van der Waals surface area contributed by atoms with E-state index in [4.69, 9.17) is 0 Å². The molecule has 0 radical (unpaired) electrons. The molecule has 5 nitrogen and oxygen atoms in total. The third-order valence-electron chi connectivity index (χ3n) is 4.12. The van der Waals surface area contributed by atoms with Crippen molar-refractivity contribution >= 4 is 45.1 Å². The van der Waals surface area contributed by atoms with Crippen LogP contribution in [0.5, 0.6) is 0 Å². The third-order valence-corrected chi connectivity index (χ3v) is 5.75. The number of hydrogen-bond donors (Lipinski definition) is 1. The molecule has 7 heteroatoms. The number of carbonyl (C=O) groups excluding carboxylic acids is 1. The van der Waals surface area contributed by atoms with Gasteiger partial charge in [-0.05, 0) is 34.1 Å². The van der Waals surface area contributed by atoms with Gasteiger partial charge >= 0.3 is 0 Å². The Hall–Kier alpha value is -1.70. The van der Waals surface area contributed by atoms with Crippen LogP contribution in [0.4, 0.5) is 5.69 Å². The van der Waals surface area contributed by atoms with Gasteiger partial charge in [-0.15, -0.1) is 11.3 Å². The van der Waals surface area contributed by atoms with E-state index in [1.54, 1.807) is 17.6 Å². The molecular formula is C18H21BrN4OS. The lowest BCUT2D eigenvalue weighted by Gasteiger charge is -2.36. The molecule has 25 heavy (non-hydrogen) atoms. The van der Waals surface area contributed by atoms with Crippen LogP contribution in [0.3, 0.4) is 0 Å². The van der Waals surface area contributed by atoms with Crippen LogP contribution in [0.25, 0.3) is 0 Å². The fourth-order valence-electron chi connectivity index (χ4n) is 2.75. The van der Waals surface area contributed by atoms with Crippen LogP contribution >= 0.6 is 27.3 Å². The Morgan fingerprint density at radius 2 is 2.00 bits per heavy atom. The van der Waals surface area contributed by atoms with Crippen molar-refractivity contribution in [2.45, 2.75) is 6.42 Å². The molecule has 0 unspecified atom stereocenters. The number of benzene rings is 1. The molecule has 0 bridgehead atoms. The van der Waals surface area contributed by atoms with Crippen molar-refractivity contribution in [2.24, 2.45) is 5.10 Å². The number of amides is 1. The molecule has 0 aliphatic carbocycles. The molecule has 1 saturated heterocycles. The number of hydrogen-bond acceptors (Lipinski definition) is 5. The zero-order valence-corrected chi connectivity index (χ0v) is 16.3. The van der Waals surface area contributed by atoms with E-state index in [0.29, 0.717) is 6.42 Å². The highest BCUT2D eigenvalue weighted by atomic mass is 79.9. The predicted molar refractivity (Wildman–Crippen MR) is 107 cm³/mol. The number of para-hydroxylation sites is 1. The lowest BCUT2D eigenvalue weighted by molar-refractivity contribution is -0.121. The summed E-state index contributed by atoms with van der Waals surface area (Å²) in [7, 11) is 0. The Morgan fingerprint density at radius 1 is 1.24 bits per heavy atom. The van der Waals surface area contributed by atoms with Gasteiger partial charge < -0.3 is 4.90 Å². The summed E-state index contributed by atoms with van der Waals surface area (Å²) < 4.78 is 1.03. The van der Waals surface area contributed by atoms with E-state index in [-0.39, 0.29) is 5.91 Å². The molecule has 1 amide bonds. The highest BCUT2D eigenvalue weighted by molar-refractivity contribution is 9.10. The molecule has 1 aliphatic rings. The number of hydrazone groups is 1. The summed E-state index contributed by atoms with van der Waals surface area (Å²) in [5.74, 6) is -0.0441. The molecular weight excluding hydrogens is 400 g/mol. The first-order chi connectivity index (χ1) is 12.2. The van der Waals surface area contributed by atoms with Gasteiger partial charge in [0.25, 0.3) is 0 Å². The summed E-state index contributed by atoms with van der Waals surface area (Å²) in [6.07, 6.45) is 2.14. The van der Waals surface area contributed by atoms with E-state index in [2.05, 4.69) is 60.5 Å². The summed E-state index contributed by atoms with van der Waals surface area (Å²) in [6.45, 7) is 4.73. The van der Waals surface area contributed by atoms with Gasteiger partial charge in [0.05, 0.1) is 6.21 Å². The van der Waals surface area contributed by atoms with Crippen LogP contribution in [0.15, 0.2) is 51.4 Å². The third kappa shape index (κ3) is 5.66. The number of piperazine rings is 1. The zero-order valence-electron chi connectivity index (χ0n) is 13.9. The summed E-state index contributed by atoms with van der Waals surface area (Å²) in [5.41, 5.74) is 3.87. The maximum atomic E-state index is 11.9. The van der Waals surface area contributed by atoms with Crippen molar-refractivity contribution < 1.29 is 4.79 Å². The van der Waals surface area contributed by atoms with Crippen LogP contribution in [0.2, 0.25) is 0 Å². The van der Waals surface area contributed by atoms with Gasteiger partial charge in [-0.25, -0.2) is 5.43 Å². The van der Waals surface area contributed by atoms with Crippen LogP contribution < -0.4 is 10.3 Å². The lowest BCUT2D eigenvalue weighted by atomic mass is 10.2. The quantitative estimate of drug-likeness (QED) is 0.576. The van der Waals surface area contributed by atoms with E-state index in [1.165, 1.54) is 5.69 Å². The smallest absolute Gasteiger partial charge is 0.241 e. The Bertz CT molecular complexity index is 711. The topological polar surface area (TPSA) is 47.9 Å². The molecule has 3 rings (SSSR count). The maximum Gasteiger partial charge on any atom is 0.241 e. The zero-order chi connectivity index (χ0) is 17.5. The van der Waals surface area contributed by atoms with Gasteiger partial charge in [0.15, 0.2) is 0 Å². The van der Waals surface area contributed by atoms with Gasteiger partial charge in [0.1, 0.15) is 0 Å². The first-order valence-electron chi connectivity index (χ1n) is 8.29. The first-order valence-corrected chi connectivity index (χ1v) is 9.96. The monoisotopic (exact) mass is 420 g/mol. The summed E-state index contributed by atoms with van der Waals surface area (Å²) in [4.78, 5) is 17.6. The number of nitrogens with zero attached hydrogens (tertiary/aromatic N) is 3. The van der Waals surface area contributed by atoms with Crippen molar-refractivity contribution in [3.63, 3.8) is 0 Å². The minimum Gasteiger partial charge on any atom is -0.369 e. The van der Waals surface area contributed by atoms with E-state index >= 15 is 0 Å². The van der Waals surface area contributed by atoms with Gasteiger partial charge in [0.2, 0.25) is 5.91 Å². The number of rotatable bonds is 6. The van der Waals surface area contributed by atoms with Crippen molar-refractivity contribution in [1.82, 2.24) is 10.3 Å². The van der Waals surface area contributed by atoms with Crippen LogP contribution in [0.1, 0.15) is 11.3 Å². The number of thiophene rings is 1. The van der Waals surface area contributed by atoms with Crippen molar-refractivity contribution in [3.05, 3.63) is 51.1 Å². The molecule has 2 heterocycles. The molecule has 0 spiro atoms. The van der Waals surface area contributed by atoms with Gasteiger partial charge in [-0.3, -0.25) is 9.69 Å². The normalized spacial score (nSPS) is 15.6. The predicted octanol–water partition coefficient (Wildman–Crippen LogP) is 3.17. The second-order valence-electron chi connectivity index (χ2n) is 5.87. The fourth-order valence-corrected chi connectivity index (χ4v) is 4.05. The Balaban J connectivity index is 1.35. The maximum absolute atomic E-state index is 11.9. The number of halogens is 1. The first kappa shape index (κ1) is 18.1. The molecule has 1 aromatic carbocycles. The molecule has 1 N–H and O–H groups in total. The largest absolute Gasteiger partial charge is 0.369 e. The van der Waals surface area contributed by atoms with Gasteiger partial charge in [0, 0.05) is 59.6 Å². The Labute approximate surface area is 160 Å². The molecule has 1 fully saturated rings. The second-order valence-corrected chi connectivity index (χ2v) is 7.73. The molecule has 1 aliphatic heterocycles. The van der Waals surface area contributed by atoms with E-state index in [0.717, 1.165) is 42.1 Å². The van der Waals surface area contributed by atoms with Crippen molar-refractivity contribution in [3.8, 4) is 0 Å². The fraction of sp³-hybridized carbons (Fsp3) is 0.333. The van der Waals surface area contributed by atoms with E-state index < -0.39 is 0 Å². The van der Waals surface area contributed by atoms with Crippen LogP contribution in [0, 0.1) is 0 Å². The Morgan fingerprint density at radius 3 is 2.68 bits per heavy atom. The number of carbonyl (C=O) groups is 1. The second kappa shape index (κ2) is 9.12. The summed E-state index contributed by atoms with van der Waals surface area (Å²) in [5, 5.41) is 5.99. The average molecular weight is 421 g/mol. The Kier molecular flexibility index (Phi) is 6.61. The standard InChI is InChI=1S/C18H21BrN4OS/c19-15-12-17(25-14-15)13-20-21-18(24)6-7-22-8-10-23(11-9-22)16-4-2-1-3-5-16/h1-5,12-14H,6-11H2,(H,21,24).